The predicted octanol–water partition coefficient (Wildman–Crippen LogP) is 3.49. The van der Waals surface area contributed by atoms with E-state index in [1.165, 1.54) is 0 Å². The van der Waals surface area contributed by atoms with Crippen LogP contribution >= 0.6 is 27.5 Å². The highest BCUT2D eigenvalue weighted by molar-refractivity contribution is 9.10. The molecule has 0 aliphatic carbocycles. The van der Waals surface area contributed by atoms with Crippen LogP contribution in [-0.4, -0.2) is 40.0 Å². The Kier molecular flexibility index (Phi) is 4.82. The highest BCUT2D eigenvalue weighted by Gasteiger charge is 2.29. The number of benzene rings is 1. The number of rotatable bonds is 3. The van der Waals surface area contributed by atoms with Crippen LogP contribution in [-0.2, 0) is 0 Å². The molecule has 1 aliphatic heterocycles. The maximum atomic E-state index is 12.6. The first-order chi connectivity index (χ1) is 11.0. The Morgan fingerprint density at radius 3 is 3.04 bits per heavy atom. The summed E-state index contributed by atoms with van der Waals surface area (Å²) >= 11 is 9.50. The van der Waals surface area contributed by atoms with Gasteiger partial charge in [-0.1, -0.05) is 27.5 Å². The molecule has 0 radical (unpaired) electrons. The third kappa shape index (κ3) is 3.82. The normalized spacial score (nSPS) is 17.3. The van der Waals surface area contributed by atoms with E-state index in [0.29, 0.717) is 35.4 Å². The summed E-state index contributed by atoms with van der Waals surface area (Å²) in [6.07, 6.45) is 2.36. The molecule has 1 aromatic heterocycles. The monoisotopic (exact) mass is 395 g/mol. The van der Waals surface area contributed by atoms with E-state index in [9.17, 15) is 4.79 Å². The number of aryl methyl sites for hydroxylation is 1. The van der Waals surface area contributed by atoms with Gasteiger partial charge < -0.3 is 9.64 Å². The summed E-state index contributed by atoms with van der Waals surface area (Å²) in [5.74, 6) is 1.12. The smallest absolute Gasteiger partial charge is 0.255 e. The Hall–Kier alpha value is -1.66. The van der Waals surface area contributed by atoms with Crippen molar-refractivity contribution in [2.75, 3.05) is 13.1 Å². The van der Waals surface area contributed by atoms with Gasteiger partial charge in [-0.05, 0) is 25.1 Å². The van der Waals surface area contributed by atoms with Gasteiger partial charge in [-0.25, -0.2) is 4.98 Å². The number of amides is 1. The van der Waals surface area contributed by atoms with Gasteiger partial charge >= 0.3 is 0 Å². The van der Waals surface area contributed by atoms with E-state index in [1.54, 1.807) is 29.3 Å². The number of carbonyl (C=O) groups is 1. The summed E-state index contributed by atoms with van der Waals surface area (Å²) in [5.41, 5.74) is 0.500. The number of hydrogen-bond acceptors (Lipinski definition) is 4. The topological polar surface area (TPSA) is 55.3 Å². The van der Waals surface area contributed by atoms with Gasteiger partial charge in [0.2, 0.25) is 5.88 Å². The molecule has 1 saturated heterocycles. The van der Waals surface area contributed by atoms with Crippen molar-refractivity contribution in [1.29, 1.82) is 0 Å². The minimum atomic E-state index is -0.0822. The fraction of sp³-hybridized carbons (Fsp3) is 0.312. The number of nitrogens with zero attached hydrogens (tertiary/aromatic N) is 3. The molecular formula is C16H15BrClN3O2. The molecule has 5 nitrogen and oxygen atoms in total. The van der Waals surface area contributed by atoms with Crippen molar-refractivity contribution in [2.45, 2.75) is 19.4 Å². The molecule has 7 heteroatoms. The molecule has 1 amide bonds. The largest absolute Gasteiger partial charge is 0.472 e. The molecule has 0 unspecified atom stereocenters. The fourth-order valence-electron chi connectivity index (χ4n) is 2.51. The first kappa shape index (κ1) is 16.2. The fourth-order valence-corrected chi connectivity index (χ4v) is 3.07. The minimum absolute atomic E-state index is 0.0702. The molecule has 0 spiro atoms. The molecule has 1 aliphatic rings. The molecule has 120 valence electrons. The van der Waals surface area contributed by atoms with E-state index in [0.717, 1.165) is 10.9 Å². The van der Waals surface area contributed by atoms with Gasteiger partial charge in [-0.3, -0.25) is 4.79 Å². The number of hydrogen-bond donors (Lipinski definition) is 0. The summed E-state index contributed by atoms with van der Waals surface area (Å²) in [7, 11) is 0. The molecule has 2 aromatic rings. The molecule has 0 saturated carbocycles. The molecule has 0 N–H and O–H groups in total. The zero-order valence-corrected chi connectivity index (χ0v) is 14.8. The van der Waals surface area contributed by atoms with Gasteiger partial charge in [-0.2, -0.15) is 4.98 Å². The SMILES string of the molecule is Cc1nccc(O[C@H]2CCN(C(=O)c3cc(Br)ccc3Cl)C2)n1. The van der Waals surface area contributed by atoms with Crippen molar-refractivity contribution >= 4 is 33.4 Å². The second kappa shape index (κ2) is 6.84. The predicted molar refractivity (Wildman–Crippen MR) is 90.9 cm³/mol. The Bertz CT molecular complexity index is 741. The van der Waals surface area contributed by atoms with Crippen molar-refractivity contribution < 1.29 is 9.53 Å². The van der Waals surface area contributed by atoms with Gasteiger partial charge in [0.15, 0.2) is 0 Å². The van der Waals surface area contributed by atoms with E-state index < -0.39 is 0 Å². The molecule has 0 bridgehead atoms. The van der Waals surface area contributed by atoms with E-state index >= 15 is 0 Å². The van der Waals surface area contributed by atoms with Crippen LogP contribution in [0.1, 0.15) is 22.6 Å². The number of carbonyl (C=O) groups excluding carboxylic acids is 1. The summed E-state index contributed by atoms with van der Waals surface area (Å²) < 4.78 is 6.67. The third-order valence-electron chi connectivity index (χ3n) is 3.63. The summed E-state index contributed by atoms with van der Waals surface area (Å²) in [6, 6.07) is 6.99. The molecule has 1 atom stereocenters. The van der Waals surface area contributed by atoms with Crippen molar-refractivity contribution in [3.8, 4) is 5.88 Å². The van der Waals surface area contributed by atoms with Crippen molar-refractivity contribution in [1.82, 2.24) is 14.9 Å². The van der Waals surface area contributed by atoms with Gasteiger partial charge in [0.05, 0.1) is 17.1 Å². The lowest BCUT2D eigenvalue weighted by atomic mass is 10.2. The Labute approximate surface area is 147 Å². The van der Waals surface area contributed by atoms with E-state index in [4.69, 9.17) is 16.3 Å². The number of aromatic nitrogens is 2. The van der Waals surface area contributed by atoms with Crippen molar-refractivity contribution in [3.05, 3.63) is 51.3 Å². The minimum Gasteiger partial charge on any atom is -0.472 e. The highest BCUT2D eigenvalue weighted by atomic mass is 79.9. The van der Waals surface area contributed by atoms with Crippen LogP contribution < -0.4 is 4.74 Å². The van der Waals surface area contributed by atoms with Crippen LogP contribution in [0.15, 0.2) is 34.9 Å². The quantitative estimate of drug-likeness (QED) is 0.797. The van der Waals surface area contributed by atoms with E-state index in [2.05, 4.69) is 25.9 Å². The Balaban J connectivity index is 1.67. The average Bonchev–Trinajstić information content (AvgIpc) is 2.97. The van der Waals surface area contributed by atoms with Crippen LogP contribution in [0.4, 0.5) is 0 Å². The average molecular weight is 397 g/mol. The summed E-state index contributed by atoms with van der Waals surface area (Å²) in [6.45, 7) is 2.97. The van der Waals surface area contributed by atoms with E-state index in [1.807, 2.05) is 13.0 Å². The van der Waals surface area contributed by atoms with Gasteiger partial charge in [0.25, 0.3) is 5.91 Å². The highest BCUT2D eigenvalue weighted by Crippen LogP contribution is 2.25. The van der Waals surface area contributed by atoms with Crippen molar-refractivity contribution in [3.63, 3.8) is 0 Å². The summed E-state index contributed by atoms with van der Waals surface area (Å²) in [4.78, 5) is 22.6. The lowest BCUT2D eigenvalue weighted by Gasteiger charge is -2.18. The second-order valence-electron chi connectivity index (χ2n) is 5.35. The molecular weight excluding hydrogens is 382 g/mol. The van der Waals surface area contributed by atoms with Crippen LogP contribution in [0, 0.1) is 6.92 Å². The Morgan fingerprint density at radius 1 is 1.43 bits per heavy atom. The van der Waals surface area contributed by atoms with Crippen LogP contribution in [0.5, 0.6) is 5.88 Å². The van der Waals surface area contributed by atoms with Crippen molar-refractivity contribution in [2.24, 2.45) is 0 Å². The van der Waals surface area contributed by atoms with Gasteiger partial charge in [0, 0.05) is 29.7 Å². The van der Waals surface area contributed by atoms with Gasteiger partial charge in [0.1, 0.15) is 11.9 Å². The second-order valence-corrected chi connectivity index (χ2v) is 6.67. The third-order valence-corrected chi connectivity index (χ3v) is 4.45. The summed E-state index contributed by atoms with van der Waals surface area (Å²) in [5, 5.41) is 0.453. The lowest BCUT2D eigenvalue weighted by molar-refractivity contribution is 0.0771. The molecule has 2 heterocycles. The maximum absolute atomic E-state index is 12.6. The van der Waals surface area contributed by atoms with Crippen LogP contribution in [0.2, 0.25) is 5.02 Å². The van der Waals surface area contributed by atoms with Crippen LogP contribution in [0.3, 0.4) is 0 Å². The molecule has 1 aromatic carbocycles. The standard InChI is InChI=1S/C16H15BrClN3O2/c1-10-19-6-4-15(20-10)23-12-5-7-21(9-12)16(22)13-8-11(17)2-3-14(13)18/h2-4,6,8,12H,5,7,9H2,1H3/t12-/m0/s1. The maximum Gasteiger partial charge on any atom is 0.255 e. The first-order valence-electron chi connectivity index (χ1n) is 7.23. The zero-order chi connectivity index (χ0) is 16.4. The lowest BCUT2D eigenvalue weighted by Crippen LogP contribution is -2.31. The Morgan fingerprint density at radius 2 is 2.26 bits per heavy atom. The first-order valence-corrected chi connectivity index (χ1v) is 8.40. The molecule has 3 rings (SSSR count). The number of ether oxygens (including phenoxy) is 1. The molecule has 1 fully saturated rings. The van der Waals surface area contributed by atoms with Gasteiger partial charge in [-0.15, -0.1) is 0 Å². The number of likely N-dealkylation sites (tertiary alicyclic amines) is 1. The van der Waals surface area contributed by atoms with E-state index in [-0.39, 0.29) is 12.0 Å². The molecule has 23 heavy (non-hydrogen) atoms. The number of halogens is 2. The zero-order valence-electron chi connectivity index (χ0n) is 12.5. The van der Waals surface area contributed by atoms with Crippen LogP contribution in [0.25, 0.3) is 0 Å².